The third kappa shape index (κ3) is 5.05. The van der Waals surface area contributed by atoms with E-state index in [2.05, 4.69) is 27.2 Å². The fraction of sp³-hybridized carbons (Fsp3) is 0.867. The lowest BCUT2D eigenvalue weighted by atomic mass is 10.0. The summed E-state index contributed by atoms with van der Waals surface area (Å²) in [5.41, 5.74) is 0. The third-order valence-corrected chi connectivity index (χ3v) is 4.09. The van der Waals surface area contributed by atoms with Gasteiger partial charge in [0.2, 0.25) is 0 Å². The number of rotatable bonds is 9. The molecule has 0 spiro atoms. The van der Waals surface area contributed by atoms with Gasteiger partial charge in [-0.05, 0) is 25.8 Å². The Kier molecular flexibility index (Phi) is 7.12. The highest BCUT2D eigenvalue weighted by atomic mass is 16.5. The van der Waals surface area contributed by atoms with E-state index in [-0.39, 0.29) is 0 Å². The smallest absolute Gasteiger partial charge is 0.141 e. The molecular weight excluding hydrogens is 266 g/mol. The van der Waals surface area contributed by atoms with Crippen molar-refractivity contribution in [2.24, 2.45) is 0 Å². The molecule has 1 fully saturated rings. The van der Waals surface area contributed by atoms with Crippen LogP contribution in [0.1, 0.15) is 38.4 Å². The van der Waals surface area contributed by atoms with E-state index in [1.165, 1.54) is 19.3 Å². The van der Waals surface area contributed by atoms with E-state index < -0.39 is 0 Å². The Morgan fingerprint density at radius 3 is 3.14 bits per heavy atom. The minimum atomic E-state index is 0.599. The van der Waals surface area contributed by atoms with Crippen molar-refractivity contribution >= 4 is 0 Å². The Hall–Kier alpha value is -0.980. The first kappa shape index (κ1) is 16.4. The second-order valence-electron chi connectivity index (χ2n) is 5.72. The van der Waals surface area contributed by atoms with Crippen molar-refractivity contribution in [2.45, 2.75) is 51.7 Å². The van der Waals surface area contributed by atoms with Crippen molar-refractivity contribution in [1.29, 1.82) is 0 Å². The molecule has 1 aromatic heterocycles. The van der Waals surface area contributed by atoms with Gasteiger partial charge in [0.25, 0.3) is 0 Å². The Bertz CT molecular complexity index is 395. The van der Waals surface area contributed by atoms with E-state index in [0.29, 0.717) is 6.04 Å². The number of likely N-dealkylation sites (tertiary alicyclic amines) is 1. The largest absolute Gasteiger partial charge is 0.383 e. The van der Waals surface area contributed by atoms with Crippen LogP contribution >= 0.6 is 0 Å². The molecule has 21 heavy (non-hydrogen) atoms. The van der Waals surface area contributed by atoms with Gasteiger partial charge in [-0.25, -0.2) is 9.67 Å². The summed E-state index contributed by atoms with van der Waals surface area (Å²) in [6.07, 6.45) is 6.66. The van der Waals surface area contributed by atoms with E-state index in [0.717, 1.165) is 51.6 Å². The van der Waals surface area contributed by atoms with E-state index >= 15 is 0 Å². The quantitative estimate of drug-likeness (QED) is 0.696. The Morgan fingerprint density at radius 1 is 1.43 bits per heavy atom. The molecule has 0 saturated carbocycles. The molecule has 120 valence electrons. The van der Waals surface area contributed by atoms with Crippen molar-refractivity contribution in [3.63, 3.8) is 0 Å². The van der Waals surface area contributed by atoms with E-state index in [9.17, 15) is 0 Å². The van der Waals surface area contributed by atoms with Crippen molar-refractivity contribution in [1.82, 2.24) is 25.0 Å². The van der Waals surface area contributed by atoms with Gasteiger partial charge in [0.05, 0.1) is 13.2 Å². The Balaban J connectivity index is 1.87. The number of methoxy groups -OCH3 is 1. The van der Waals surface area contributed by atoms with E-state index in [1.807, 2.05) is 4.68 Å². The third-order valence-electron chi connectivity index (χ3n) is 4.09. The molecule has 2 heterocycles. The van der Waals surface area contributed by atoms with Crippen LogP contribution in [0.4, 0.5) is 0 Å². The van der Waals surface area contributed by atoms with Crippen LogP contribution in [-0.4, -0.2) is 59.1 Å². The van der Waals surface area contributed by atoms with Crippen LogP contribution in [0.25, 0.3) is 0 Å². The number of nitrogens with zero attached hydrogens (tertiary/aromatic N) is 4. The zero-order chi connectivity index (χ0) is 14.9. The average molecular weight is 295 g/mol. The number of aromatic nitrogens is 3. The topological polar surface area (TPSA) is 55.2 Å². The highest BCUT2D eigenvalue weighted by Gasteiger charge is 2.23. The van der Waals surface area contributed by atoms with Crippen molar-refractivity contribution in [2.75, 3.05) is 33.4 Å². The van der Waals surface area contributed by atoms with Gasteiger partial charge >= 0.3 is 0 Å². The molecule has 1 aliphatic rings. The molecule has 0 aliphatic carbocycles. The maximum atomic E-state index is 5.09. The Morgan fingerprint density at radius 2 is 2.33 bits per heavy atom. The lowest BCUT2D eigenvalue weighted by Gasteiger charge is -2.35. The Labute approximate surface area is 127 Å². The first-order valence-electron chi connectivity index (χ1n) is 8.15. The maximum Gasteiger partial charge on any atom is 0.141 e. The van der Waals surface area contributed by atoms with Crippen molar-refractivity contribution in [3.05, 3.63) is 12.2 Å². The van der Waals surface area contributed by atoms with Crippen LogP contribution in [0, 0.1) is 0 Å². The standard InChI is InChI=1S/C15H29N5O/c1-3-8-20-15(17-13-18-20)12-19-9-5-4-6-14(19)11-16-7-10-21-2/h13-14,16H,3-12H2,1-2H3. The molecular formula is C15H29N5O. The van der Waals surface area contributed by atoms with E-state index in [1.54, 1.807) is 13.4 Å². The van der Waals surface area contributed by atoms with Crippen LogP contribution in [0.15, 0.2) is 6.33 Å². The zero-order valence-corrected chi connectivity index (χ0v) is 13.4. The summed E-state index contributed by atoms with van der Waals surface area (Å²) < 4.78 is 7.13. The minimum Gasteiger partial charge on any atom is -0.383 e. The second kappa shape index (κ2) is 9.12. The summed E-state index contributed by atoms with van der Waals surface area (Å²) in [5, 5.41) is 7.83. The molecule has 0 amide bonds. The molecule has 6 heteroatoms. The SMILES string of the molecule is CCCn1ncnc1CN1CCCCC1CNCCOC. The first-order chi connectivity index (χ1) is 10.3. The molecule has 0 bridgehead atoms. The highest BCUT2D eigenvalue weighted by Crippen LogP contribution is 2.18. The molecule has 1 aliphatic heterocycles. The van der Waals surface area contributed by atoms with Crippen molar-refractivity contribution < 1.29 is 4.74 Å². The molecule has 1 unspecified atom stereocenters. The second-order valence-corrected chi connectivity index (χ2v) is 5.72. The summed E-state index contributed by atoms with van der Waals surface area (Å²) in [6, 6.07) is 0.599. The number of hydrogen-bond acceptors (Lipinski definition) is 5. The molecule has 6 nitrogen and oxygen atoms in total. The van der Waals surface area contributed by atoms with Gasteiger partial charge in [-0.2, -0.15) is 5.10 Å². The van der Waals surface area contributed by atoms with Gasteiger partial charge in [0.1, 0.15) is 12.2 Å². The summed E-state index contributed by atoms with van der Waals surface area (Å²) >= 11 is 0. The molecule has 1 aromatic rings. The van der Waals surface area contributed by atoms with Crippen LogP contribution < -0.4 is 5.32 Å². The summed E-state index contributed by atoms with van der Waals surface area (Å²) in [7, 11) is 1.75. The van der Waals surface area contributed by atoms with Crippen LogP contribution in [0.3, 0.4) is 0 Å². The van der Waals surface area contributed by atoms with Gasteiger partial charge in [-0.3, -0.25) is 4.90 Å². The molecule has 0 radical (unpaired) electrons. The predicted octanol–water partition coefficient (Wildman–Crippen LogP) is 1.28. The zero-order valence-electron chi connectivity index (χ0n) is 13.4. The molecule has 1 N–H and O–H groups in total. The van der Waals surface area contributed by atoms with Gasteiger partial charge in [0, 0.05) is 32.8 Å². The lowest BCUT2D eigenvalue weighted by Crippen LogP contribution is -2.45. The molecule has 1 atom stereocenters. The molecule has 1 saturated heterocycles. The fourth-order valence-electron chi connectivity index (χ4n) is 2.93. The van der Waals surface area contributed by atoms with Gasteiger partial charge < -0.3 is 10.1 Å². The highest BCUT2D eigenvalue weighted by molar-refractivity contribution is 4.88. The number of hydrogen-bond donors (Lipinski definition) is 1. The first-order valence-corrected chi connectivity index (χ1v) is 8.15. The van der Waals surface area contributed by atoms with Gasteiger partial charge in [-0.15, -0.1) is 0 Å². The summed E-state index contributed by atoms with van der Waals surface area (Å²) in [5.74, 6) is 1.10. The van der Waals surface area contributed by atoms with Crippen molar-refractivity contribution in [3.8, 4) is 0 Å². The van der Waals surface area contributed by atoms with Gasteiger partial charge in [-0.1, -0.05) is 13.3 Å². The molecule has 2 rings (SSSR count). The van der Waals surface area contributed by atoms with Gasteiger partial charge in [0.15, 0.2) is 0 Å². The maximum absolute atomic E-state index is 5.09. The minimum absolute atomic E-state index is 0.599. The molecule has 0 aromatic carbocycles. The number of aryl methyl sites for hydroxylation is 1. The number of piperidine rings is 1. The fourth-order valence-corrected chi connectivity index (χ4v) is 2.93. The normalized spacial score (nSPS) is 20.0. The lowest BCUT2D eigenvalue weighted by molar-refractivity contribution is 0.128. The van der Waals surface area contributed by atoms with Crippen LogP contribution in [0.2, 0.25) is 0 Å². The average Bonchev–Trinajstić information content (AvgIpc) is 2.93. The van der Waals surface area contributed by atoms with Crippen LogP contribution in [0.5, 0.6) is 0 Å². The van der Waals surface area contributed by atoms with Crippen LogP contribution in [-0.2, 0) is 17.8 Å². The monoisotopic (exact) mass is 295 g/mol. The summed E-state index contributed by atoms with van der Waals surface area (Å²) in [6.45, 7) is 7.94. The van der Waals surface area contributed by atoms with E-state index in [4.69, 9.17) is 4.74 Å². The number of ether oxygens (including phenoxy) is 1. The number of nitrogens with one attached hydrogen (secondary N) is 1. The summed E-state index contributed by atoms with van der Waals surface area (Å²) in [4.78, 5) is 7.00. The predicted molar refractivity (Wildman–Crippen MR) is 83.1 cm³/mol.